The van der Waals surface area contributed by atoms with Gasteiger partial charge in [0.1, 0.15) is 5.02 Å². The summed E-state index contributed by atoms with van der Waals surface area (Å²) >= 11 is 6.20. The Morgan fingerprint density at radius 2 is 1.96 bits per heavy atom. The lowest BCUT2D eigenvalue weighted by Crippen LogP contribution is -2.09. The summed E-state index contributed by atoms with van der Waals surface area (Å²) in [5.74, 6) is 1.13. The predicted octanol–water partition coefficient (Wildman–Crippen LogP) is 4.23. The molecule has 0 saturated heterocycles. The lowest BCUT2D eigenvalue weighted by Gasteiger charge is -2.11. The van der Waals surface area contributed by atoms with Gasteiger partial charge in [-0.05, 0) is 36.6 Å². The average Bonchev–Trinajstić information content (AvgIpc) is 2.60. The molecule has 0 aliphatic carbocycles. The minimum atomic E-state index is 0.482. The van der Waals surface area contributed by atoms with Crippen molar-refractivity contribution < 1.29 is 0 Å². The third-order valence-electron chi connectivity index (χ3n) is 3.56. The molecule has 0 radical (unpaired) electrons. The highest BCUT2D eigenvalue weighted by Gasteiger charge is 2.07. The van der Waals surface area contributed by atoms with E-state index in [1.807, 2.05) is 49.5 Å². The van der Waals surface area contributed by atoms with Gasteiger partial charge in [0.05, 0.1) is 6.20 Å². The molecule has 122 valence electrons. The van der Waals surface area contributed by atoms with Gasteiger partial charge in [0, 0.05) is 24.6 Å². The zero-order valence-electron chi connectivity index (χ0n) is 13.3. The van der Waals surface area contributed by atoms with Crippen molar-refractivity contribution >= 4 is 29.1 Å². The number of aromatic nitrogens is 3. The Labute approximate surface area is 146 Å². The van der Waals surface area contributed by atoms with Gasteiger partial charge in [-0.25, -0.2) is 4.98 Å². The Morgan fingerprint density at radius 1 is 1.08 bits per heavy atom. The van der Waals surface area contributed by atoms with Crippen LogP contribution in [0, 0.1) is 6.92 Å². The fourth-order valence-electron chi connectivity index (χ4n) is 2.25. The molecule has 2 N–H and O–H groups in total. The lowest BCUT2D eigenvalue weighted by atomic mass is 10.2. The van der Waals surface area contributed by atoms with Gasteiger partial charge in [0.25, 0.3) is 0 Å². The number of benzene rings is 1. The zero-order chi connectivity index (χ0) is 16.8. The number of nitrogens with zero attached hydrogens (tertiary/aromatic N) is 3. The molecule has 5 nitrogen and oxygen atoms in total. The fraction of sp³-hybridized carbons (Fsp3) is 0.167. The van der Waals surface area contributed by atoms with E-state index in [0.29, 0.717) is 16.8 Å². The standard InChI is InChI=1S/C18H18ClN5/c1-13-5-2-3-7-16(13)23-17-15(19)12-22-18(24-17)21-10-8-14-6-4-9-20-11-14/h2-7,9,11-12H,8,10H2,1H3,(H2,21,22,23,24). The Bertz CT molecular complexity index is 808. The highest BCUT2D eigenvalue weighted by molar-refractivity contribution is 6.32. The average molecular weight is 340 g/mol. The van der Waals surface area contributed by atoms with Gasteiger partial charge in [0.15, 0.2) is 5.82 Å². The van der Waals surface area contributed by atoms with Crippen molar-refractivity contribution in [3.05, 3.63) is 71.1 Å². The van der Waals surface area contributed by atoms with Crippen LogP contribution in [0.4, 0.5) is 17.5 Å². The summed E-state index contributed by atoms with van der Waals surface area (Å²) in [7, 11) is 0. The highest BCUT2D eigenvalue weighted by Crippen LogP contribution is 2.25. The molecular formula is C18H18ClN5. The van der Waals surface area contributed by atoms with E-state index in [1.165, 1.54) is 0 Å². The van der Waals surface area contributed by atoms with Gasteiger partial charge in [-0.2, -0.15) is 4.98 Å². The van der Waals surface area contributed by atoms with Crippen LogP contribution in [0.1, 0.15) is 11.1 Å². The summed E-state index contributed by atoms with van der Waals surface area (Å²) in [4.78, 5) is 12.8. The third kappa shape index (κ3) is 4.20. The Balaban J connectivity index is 1.66. The van der Waals surface area contributed by atoms with E-state index < -0.39 is 0 Å². The number of rotatable bonds is 6. The van der Waals surface area contributed by atoms with Crippen LogP contribution >= 0.6 is 11.6 Å². The van der Waals surface area contributed by atoms with Crippen LogP contribution in [0.3, 0.4) is 0 Å². The van der Waals surface area contributed by atoms with Gasteiger partial charge < -0.3 is 10.6 Å². The first-order chi connectivity index (χ1) is 11.7. The monoisotopic (exact) mass is 339 g/mol. The topological polar surface area (TPSA) is 62.7 Å². The molecule has 1 aromatic carbocycles. The first-order valence-electron chi connectivity index (χ1n) is 7.70. The molecule has 0 amide bonds. The van der Waals surface area contributed by atoms with E-state index >= 15 is 0 Å². The second-order valence-electron chi connectivity index (χ2n) is 5.37. The van der Waals surface area contributed by atoms with Crippen LogP contribution < -0.4 is 10.6 Å². The molecule has 0 atom stereocenters. The van der Waals surface area contributed by atoms with Crippen molar-refractivity contribution in [2.75, 3.05) is 17.2 Å². The van der Waals surface area contributed by atoms with Crippen LogP contribution in [0.15, 0.2) is 55.0 Å². The normalized spacial score (nSPS) is 10.4. The molecule has 24 heavy (non-hydrogen) atoms. The zero-order valence-corrected chi connectivity index (χ0v) is 14.1. The van der Waals surface area contributed by atoms with E-state index in [9.17, 15) is 0 Å². The molecule has 2 aromatic heterocycles. The highest BCUT2D eigenvalue weighted by atomic mass is 35.5. The summed E-state index contributed by atoms with van der Waals surface area (Å²) in [6.45, 7) is 2.75. The first kappa shape index (κ1) is 16.2. The maximum absolute atomic E-state index is 6.20. The molecular weight excluding hydrogens is 322 g/mol. The first-order valence-corrected chi connectivity index (χ1v) is 8.08. The van der Waals surface area contributed by atoms with E-state index in [-0.39, 0.29) is 0 Å². The largest absolute Gasteiger partial charge is 0.354 e. The summed E-state index contributed by atoms with van der Waals surface area (Å²) in [5.41, 5.74) is 3.26. The van der Waals surface area contributed by atoms with Crippen LogP contribution in [0.5, 0.6) is 0 Å². The molecule has 2 heterocycles. The predicted molar refractivity (Wildman–Crippen MR) is 97.9 cm³/mol. The van der Waals surface area contributed by atoms with Crippen molar-refractivity contribution in [2.45, 2.75) is 13.3 Å². The van der Waals surface area contributed by atoms with E-state index in [1.54, 1.807) is 12.4 Å². The lowest BCUT2D eigenvalue weighted by molar-refractivity contribution is 0.975. The van der Waals surface area contributed by atoms with Crippen LogP contribution in [-0.4, -0.2) is 21.5 Å². The van der Waals surface area contributed by atoms with Gasteiger partial charge >= 0.3 is 0 Å². The molecule has 3 rings (SSSR count). The number of pyridine rings is 1. The minimum Gasteiger partial charge on any atom is -0.354 e. The minimum absolute atomic E-state index is 0.482. The number of para-hydroxylation sites is 1. The summed E-state index contributed by atoms with van der Waals surface area (Å²) < 4.78 is 0. The maximum atomic E-state index is 6.20. The van der Waals surface area contributed by atoms with Gasteiger partial charge in [-0.1, -0.05) is 35.9 Å². The SMILES string of the molecule is Cc1ccccc1Nc1nc(NCCc2cccnc2)ncc1Cl. The van der Waals surface area contributed by atoms with Gasteiger partial charge in [0.2, 0.25) is 5.95 Å². The Kier molecular flexibility index (Phi) is 5.23. The van der Waals surface area contributed by atoms with Crippen LogP contribution in [0.2, 0.25) is 5.02 Å². The van der Waals surface area contributed by atoms with Gasteiger partial charge in [-0.3, -0.25) is 4.98 Å². The molecule has 0 saturated carbocycles. The molecule has 3 aromatic rings. The van der Waals surface area contributed by atoms with Crippen molar-refractivity contribution in [3.8, 4) is 0 Å². The number of hydrogen-bond acceptors (Lipinski definition) is 5. The van der Waals surface area contributed by atoms with Crippen LogP contribution in [0.25, 0.3) is 0 Å². The van der Waals surface area contributed by atoms with Crippen molar-refractivity contribution in [2.24, 2.45) is 0 Å². The molecule has 0 aliphatic heterocycles. The molecule has 0 spiro atoms. The molecule has 0 aliphatic rings. The van der Waals surface area contributed by atoms with Crippen molar-refractivity contribution in [1.29, 1.82) is 0 Å². The number of aryl methyl sites for hydroxylation is 1. The molecule has 0 bridgehead atoms. The second kappa shape index (κ2) is 7.75. The van der Waals surface area contributed by atoms with E-state index in [0.717, 1.165) is 29.8 Å². The Morgan fingerprint density at radius 3 is 2.75 bits per heavy atom. The molecule has 0 unspecified atom stereocenters. The summed E-state index contributed by atoms with van der Waals surface area (Å²) in [6.07, 6.45) is 6.07. The van der Waals surface area contributed by atoms with Crippen molar-refractivity contribution in [1.82, 2.24) is 15.0 Å². The number of hydrogen-bond donors (Lipinski definition) is 2. The molecule has 0 fully saturated rings. The number of nitrogens with one attached hydrogen (secondary N) is 2. The van der Waals surface area contributed by atoms with Crippen molar-refractivity contribution in [3.63, 3.8) is 0 Å². The second-order valence-corrected chi connectivity index (χ2v) is 5.78. The van der Waals surface area contributed by atoms with E-state index in [4.69, 9.17) is 11.6 Å². The number of halogens is 1. The molecule has 6 heteroatoms. The summed E-state index contributed by atoms with van der Waals surface area (Å²) in [6, 6.07) is 12.0. The quantitative estimate of drug-likeness (QED) is 0.703. The summed E-state index contributed by atoms with van der Waals surface area (Å²) in [5, 5.41) is 6.95. The fourth-order valence-corrected chi connectivity index (χ4v) is 2.38. The van der Waals surface area contributed by atoms with E-state index in [2.05, 4.69) is 25.6 Å². The maximum Gasteiger partial charge on any atom is 0.224 e. The third-order valence-corrected chi connectivity index (χ3v) is 3.84. The number of anilines is 3. The van der Waals surface area contributed by atoms with Gasteiger partial charge in [-0.15, -0.1) is 0 Å². The smallest absolute Gasteiger partial charge is 0.224 e. The Hall–Kier alpha value is -2.66. The van der Waals surface area contributed by atoms with Crippen LogP contribution in [-0.2, 0) is 6.42 Å².